The number of anilines is 1. The minimum atomic E-state index is -0.445. The molecule has 1 fully saturated rings. The normalized spacial score (nSPS) is 20.4. The molecule has 0 spiro atoms. The maximum absolute atomic E-state index is 11.3. The second-order valence-electron chi connectivity index (χ2n) is 6.14. The first kappa shape index (κ1) is 12.9. The summed E-state index contributed by atoms with van der Waals surface area (Å²) < 4.78 is 0. The Labute approximate surface area is 108 Å². The Morgan fingerprint density at radius 1 is 1.39 bits per heavy atom. The molecule has 18 heavy (non-hydrogen) atoms. The van der Waals surface area contributed by atoms with Crippen LogP contribution < -0.4 is 11.1 Å². The van der Waals surface area contributed by atoms with Crippen LogP contribution in [0.3, 0.4) is 0 Å². The number of primary amides is 1. The van der Waals surface area contributed by atoms with E-state index in [1.807, 2.05) is 0 Å². The lowest BCUT2D eigenvalue weighted by atomic mass is 10.0. The van der Waals surface area contributed by atoms with Gasteiger partial charge in [0.25, 0.3) is 5.91 Å². The number of hydrogen-bond acceptors (Lipinski definition) is 3. The zero-order valence-electron chi connectivity index (χ0n) is 11.4. The molecule has 1 heterocycles. The van der Waals surface area contributed by atoms with Gasteiger partial charge in [-0.3, -0.25) is 4.79 Å². The molecule has 3 N–H and O–H groups in total. The van der Waals surface area contributed by atoms with Gasteiger partial charge in [0.1, 0.15) is 5.82 Å². The number of aromatic nitrogens is 1. The van der Waals surface area contributed by atoms with Crippen LogP contribution >= 0.6 is 0 Å². The molecule has 0 unspecified atom stereocenters. The number of nitrogens with two attached hydrogens (primary N) is 1. The molecule has 4 heteroatoms. The fourth-order valence-corrected chi connectivity index (χ4v) is 2.79. The van der Waals surface area contributed by atoms with E-state index in [1.165, 1.54) is 0 Å². The summed E-state index contributed by atoms with van der Waals surface area (Å²) in [7, 11) is 0. The molecule has 1 aromatic rings. The van der Waals surface area contributed by atoms with Crippen molar-refractivity contribution in [3.05, 3.63) is 23.9 Å². The third-order valence-corrected chi connectivity index (χ3v) is 4.87. The topological polar surface area (TPSA) is 68.0 Å². The molecule has 1 amide bonds. The van der Waals surface area contributed by atoms with E-state index >= 15 is 0 Å². The zero-order chi connectivity index (χ0) is 13.6. The van der Waals surface area contributed by atoms with E-state index in [2.05, 4.69) is 38.0 Å². The van der Waals surface area contributed by atoms with E-state index in [9.17, 15) is 4.79 Å². The summed E-state index contributed by atoms with van der Waals surface area (Å²) >= 11 is 0. The highest BCUT2D eigenvalue weighted by Gasteiger charge is 2.64. The van der Waals surface area contributed by atoms with Crippen LogP contribution in [0.25, 0.3) is 0 Å². The quantitative estimate of drug-likeness (QED) is 0.857. The van der Waals surface area contributed by atoms with E-state index in [1.54, 1.807) is 18.3 Å². The summed E-state index contributed by atoms with van der Waals surface area (Å²) in [4.78, 5) is 15.5. The van der Waals surface area contributed by atoms with Crippen LogP contribution in [0.5, 0.6) is 0 Å². The molecule has 4 nitrogen and oxygen atoms in total. The molecule has 1 aliphatic carbocycles. The highest BCUT2D eigenvalue weighted by Crippen LogP contribution is 2.68. The molecule has 0 saturated heterocycles. The number of carbonyl (C=O) groups is 1. The maximum atomic E-state index is 11.3. The van der Waals surface area contributed by atoms with Gasteiger partial charge in [-0.15, -0.1) is 0 Å². The van der Waals surface area contributed by atoms with Gasteiger partial charge in [-0.05, 0) is 28.9 Å². The second-order valence-corrected chi connectivity index (χ2v) is 6.14. The minimum Gasteiger partial charge on any atom is -0.369 e. The van der Waals surface area contributed by atoms with Gasteiger partial charge in [0, 0.05) is 12.7 Å². The smallest absolute Gasteiger partial charge is 0.252 e. The lowest BCUT2D eigenvalue weighted by Crippen LogP contribution is -2.17. The Bertz CT molecular complexity index is 466. The molecule has 98 valence electrons. The van der Waals surface area contributed by atoms with Crippen molar-refractivity contribution >= 4 is 11.7 Å². The molecular weight excluding hydrogens is 226 g/mol. The number of rotatable bonds is 4. The predicted molar refractivity (Wildman–Crippen MR) is 72.3 cm³/mol. The number of carbonyl (C=O) groups excluding carboxylic acids is 1. The monoisotopic (exact) mass is 247 g/mol. The van der Waals surface area contributed by atoms with E-state index in [4.69, 9.17) is 5.73 Å². The number of pyridine rings is 1. The molecule has 1 aliphatic rings. The molecule has 0 aromatic carbocycles. The van der Waals surface area contributed by atoms with E-state index in [0.29, 0.717) is 28.1 Å². The number of nitrogens with one attached hydrogen (secondary N) is 1. The van der Waals surface area contributed by atoms with E-state index < -0.39 is 5.91 Å². The van der Waals surface area contributed by atoms with Gasteiger partial charge < -0.3 is 11.1 Å². The molecule has 0 radical (unpaired) electrons. The van der Waals surface area contributed by atoms with Crippen molar-refractivity contribution in [1.29, 1.82) is 0 Å². The average molecular weight is 247 g/mol. The van der Waals surface area contributed by atoms with Crippen molar-refractivity contribution in [3.63, 3.8) is 0 Å². The van der Waals surface area contributed by atoms with Crippen molar-refractivity contribution in [1.82, 2.24) is 4.98 Å². The van der Waals surface area contributed by atoms with Crippen molar-refractivity contribution in [3.8, 4) is 0 Å². The van der Waals surface area contributed by atoms with Gasteiger partial charge in [0.2, 0.25) is 0 Å². The average Bonchev–Trinajstić information content (AvgIpc) is 2.67. The number of hydrogen-bond donors (Lipinski definition) is 2. The van der Waals surface area contributed by atoms with Crippen molar-refractivity contribution in [2.75, 3.05) is 11.9 Å². The SMILES string of the molecule is CC1(C)C(CNc2ncccc2C(N)=O)C1(C)C. The number of amides is 1. The van der Waals surface area contributed by atoms with E-state index in [0.717, 1.165) is 6.54 Å². The minimum absolute atomic E-state index is 0.321. The van der Waals surface area contributed by atoms with Crippen LogP contribution in [0.4, 0.5) is 5.82 Å². The molecular formula is C14H21N3O. The third kappa shape index (κ3) is 1.85. The summed E-state index contributed by atoms with van der Waals surface area (Å²) in [5, 5.41) is 3.26. The van der Waals surface area contributed by atoms with Crippen LogP contribution in [0.15, 0.2) is 18.3 Å². The van der Waals surface area contributed by atoms with Crippen LogP contribution in [-0.4, -0.2) is 17.4 Å². The first-order valence-electron chi connectivity index (χ1n) is 6.27. The first-order valence-corrected chi connectivity index (χ1v) is 6.27. The zero-order valence-corrected chi connectivity index (χ0v) is 11.4. The molecule has 1 saturated carbocycles. The fraction of sp³-hybridized carbons (Fsp3) is 0.571. The summed E-state index contributed by atoms with van der Waals surface area (Å²) in [6.45, 7) is 9.90. The lowest BCUT2D eigenvalue weighted by Gasteiger charge is -2.09. The van der Waals surface area contributed by atoms with Gasteiger partial charge in [-0.25, -0.2) is 4.98 Å². The summed E-state index contributed by atoms with van der Waals surface area (Å²) in [5.41, 5.74) is 6.42. The van der Waals surface area contributed by atoms with Gasteiger partial charge in [-0.2, -0.15) is 0 Å². The maximum Gasteiger partial charge on any atom is 0.252 e. The fourth-order valence-electron chi connectivity index (χ4n) is 2.79. The van der Waals surface area contributed by atoms with Gasteiger partial charge in [-0.1, -0.05) is 27.7 Å². The standard InChI is InChI=1S/C14H21N3O/c1-13(2)10(14(13,3)4)8-17-12-9(11(15)18)6-5-7-16-12/h5-7,10H,8H2,1-4H3,(H2,15,18)(H,16,17). The van der Waals surface area contributed by atoms with Gasteiger partial charge in [0.15, 0.2) is 0 Å². The summed E-state index contributed by atoms with van der Waals surface area (Å²) in [6.07, 6.45) is 1.66. The second kappa shape index (κ2) is 3.97. The largest absolute Gasteiger partial charge is 0.369 e. The molecule has 0 aliphatic heterocycles. The van der Waals surface area contributed by atoms with Crippen molar-refractivity contribution < 1.29 is 4.79 Å². The first-order chi connectivity index (χ1) is 8.28. The highest BCUT2D eigenvalue weighted by atomic mass is 16.1. The van der Waals surface area contributed by atoms with Crippen molar-refractivity contribution in [2.45, 2.75) is 27.7 Å². The predicted octanol–water partition coefficient (Wildman–Crippen LogP) is 2.27. The Morgan fingerprint density at radius 3 is 2.50 bits per heavy atom. The molecule has 2 rings (SSSR count). The Morgan fingerprint density at radius 2 is 2.00 bits per heavy atom. The van der Waals surface area contributed by atoms with E-state index in [-0.39, 0.29) is 0 Å². The summed E-state index contributed by atoms with van der Waals surface area (Å²) in [5.74, 6) is 0.719. The lowest BCUT2D eigenvalue weighted by molar-refractivity contribution is 0.100. The van der Waals surface area contributed by atoms with Gasteiger partial charge in [0.05, 0.1) is 5.56 Å². The Kier molecular flexibility index (Phi) is 2.84. The van der Waals surface area contributed by atoms with Crippen LogP contribution in [-0.2, 0) is 0 Å². The van der Waals surface area contributed by atoms with Crippen molar-refractivity contribution in [2.24, 2.45) is 22.5 Å². The molecule has 0 bridgehead atoms. The Hall–Kier alpha value is -1.58. The highest BCUT2D eigenvalue weighted by molar-refractivity contribution is 5.97. The Balaban J connectivity index is 2.07. The molecule has 1 aromatic heterocycles. The van der Waals surface area contributed by atoms with Crippen LogP contribution in [0, 0.1) is 16.7 Å². The molecule has 0 atom stereocenters. The third-order valence-electron chi connectivity index (χ3n) is 4.87. The summed E-state index contributed by atoms with van der Waals surface area (Å²) in [6, 6.07) is 3.41. The van der Waals surface area contributed by atoms with Gasteiger partial charge >= 0.3 is 0 Å². The van der Waals surface area contributed by atoms with Crippen LogP contribution in [0.1, 0.15) is 38.1 Å². The van der Waals surface area contributed by atoms with Crippen LogP contribution in [0.2, 0.25) is 0 Å². The number of nitrogens with zero attached hydrogens (tertiary/aromatic N) is 1.